The van der Waals surface area contributed by atoms with Gasteiger partial charge in [-0.15, -0.1) is 0 Å². The van der Waals surface area contributed by atoms with E-state index in [1.807, 2.05) is 31.1 Å². The highest BCUT2D eigenvalue weighted by atomic mass is 16.1. The van der Waals surface area contributed by atoms with Gasteiger partial charge in [0.1, 0.15) is 0 Å². The summed E-state index contributed by atoms with van der Waals surface area (Å²) >= 11 is 0. The van der Waals surface area contributed by atoms with Gasteiger partial charge in [0.15, 0.2) is 0 Å². The third-order valence-electron chi connectivity index (χ3n) is 3.64. The van der Waals surface area contributed by atoms with E-state index in [0.29, 0.717) is 17.8 Å². The summed E-state index contributed by atoms with van der Waals surface area (Å²) in [5, 5.41) is 2.95. The summed E-state index contributed by atoms with van der Waals surface area (Å²) in [7, 11) is 3.86. The molecule has 108 valence electrons. The van der Waals surface area contributed by atoms with Gasteiger partial charge in [-0.2, -0.15) is 0 Å². The molecule has 20 heavy (non-hydrogen) atoms. The summed E-state index contributed by atoms with van der Waals surface area (Å²) in [6.07, 6.45) is 6.87. The van der Waals surface area contributed by atoms with Crippen molar-refractivity contribution in [3.8, 4) is 0 Å². The number of allylic oxidation sites excluding steroid dienone is 1. The van der Waals surface area contributed by atoms with Gasteiger partial charge in [-0.05, 0) is 43.9 Å². The molecule has 0 heterocycles. The van der Waals surface area contributed by atoms with Crippen LogP contribution in [0.4, 0.5) is 11.4 Å². The fraction of sp³-hybridized carbons (Fsp3) is 0.438. The average molecular weight is 273 g/mol. The number of anilines is 2. The van der Waals surface area contributed by atoms with Crippen LogP contribution in [-0.4, -0.2) is 26.5 Å². The molecule has 0 saturated heterocycles. The summed E-state index contributed by atoms with van der Waals surface area (Å²) in [5.41, 5.74) is 9.60. The van der Waals surface area contributed by atoms with E-state index in [4.69, 9.17) is 5.73 Å². The van der Waals surface area contributed by atoms with Crippen LogP contribution in [0.25, 0.3) is 0 Å². The van der Waals surface area contributed by atoms with Crippen molar-refractivity contribution in [2.75, 3.05) is 31.3 Å². The maximum atomic E-state index is 12.1. The Kier molecular flexibility index (Phi) is 4.66. The van der Waals surface area contributed by atoms with E-state index in [2.05, 4.69) is 11.4 Å². The quantitative estimate of drug-likeness (QED) is 0.640. The zero-order valence-corrected chi connectivity index (χ0v) is 12.3. The molecule has 1 amide bonds. The van der Waals surface area contributed by atoms with E-state index in [1.54, 1.807) is 6.07 Å². The molecule has 0 fully saturated rings. The van der Waals surface area contributed by atoms with Crippen LogP contribution < -0.4 is 16.0 Å². The van der Waals surface area contributed by atoms with Crippen LogP contribution in [0.2, 0.25) is 0 Å². The number of hydrogen-bond acceptors (Lipinski definition) is 3. The molecule has 0 aromatic heterocycles. The Bertz CT molecular complexity index is 520. The van der Waals surface area contributed by atoms with Gasteiger partial charge in [0.25, 0.3) is 5.91 Å². The van der Waals surface area contributed by atoms with E-state index >= 15 is 0 Å². The molecule has 0 unspecified atom stereocenters. The fourth-order valence-electron chi connectivity index (χ4n) is 2.51. The SMILES string of the molecule is CN(C)c1ccc(C(=O)NCCC2=CCCC2)cc1N. The number of nitrogens with one attached hydrogen (secondary N) is 1. The van der Waals surface area contributed by atoms with E-state index in [-0.39, 0.29) is 5.91 Å². The van der Waals surface area contributed by atoms with E-state index in [1.165, 1.54) is 24.8 Å². The van der Waals surface area contributed by atoms with Gasteiger partial charge < -0.3 is 16.0 Å². The number of carbonyl (C=O) groups excluding carboxylic acids is 1. The lowest BCUT2D eigenvalue weighted by atomic mass is 10.1. The van der Waals surface area contributed by atoms with Gasteiger partial charge in [-0.25, -0.2) is 0 Å². The van der Waals surface area contributed by atoms with Gasteiger partial charge in [0.05, 0.1) is 11.4 Å². The summed E-state index contributed by atoms with van der Waals surface area (Å²) in [6, 6.07) is 5.43. The lowest BCUT2D eigenvalue weighted by Crippen LogP contribution is -2.25. The Morgan fingerprint density at radius 3 is 2.80 bits per heavy atom. The minimum Gasteiger partial charge on any atom is -0.397 e. The van der Waals surface area contributed by atoms with Crippen molar-refractivity contribution in [2.45, 2.75) is 25.7 Å². The number of benzene rings is 1. The van der Waals surface area contributed by atoms with Gasteiger partial charge in [-0.1, -0.05) is 11.6 Å². The number of nitrogens with two attached hydrogens (primary N) is 1. The molecular formula is C16H23N3O. The first-order chi connectivity index (χ1) is 9.58. The van der Waals surface area contributed by atoms with Crippen molar-refractivity contribution in [3.05, 3.63) is 35.4 Å². The summed E-state index contributed by atoms with van der Waals surface area (Å²) in [5.74, 6) is -0.0550. The highest BCUT2D eigenvalue weighted by molar-refractivity contribution is 5.96. The molecule has 4 nitrogen and oxygen atoms in total. The fourth-order valence-corrected chi connectivity index (χ4v) is 2.51. The highest BCUT2D eigenvalue weighted by Gasteiger charge is 2.10. The van der Waals surface area contributed by atoms with Crippen LogP contribution in [0.3, 0.4) is 0 Å². The number of nitrogen functional groups attached to an aromatic ring is 1. The predicted molar refractivity (Wildman–Crippen MR) is 84.1 cm³/mol. The Balaban J connectivity index is 1.90. The van der Waals surface area contributed by atoms with E-state index in [9.17, 15) is 4.79 Å². The second kappa shape index (κ2) is 6.46. The normalized spacial score (nSPS) is 14.0. The lowest BCUT2D eigenvalue weighted by molar-refractivity contribution is 0.0954. The zero-order chi connectivity index (χ0) is 14.5. The second-order valence-electron chi connectivity index (χ2n) is 5.43. The molecule has 1 aromatic carbocycles. The van der Waals surface area contributed by atoms with Gasteiger partial charge >= 0.3 is 0 Å². The van der Waals surface area contributed by atoms with Gasteiger partial charge in [-0.3, -0.25) is 4.79 Å². The van der Waals surface area contributed by atoms with Crippen LogP contribution in [-0.2, 0) is 0 Å². The number of amides is 1. The largest absolute Gasteiger partial charge is 0.397 e. The summed E-state index contributed by atoms with van der Waals surface area (Å²) in [6.45, 7) is 0.694. The number of nitrogens with zero attached hydrogens (tertiary/aromatic N) is 1. The molecule has 1 aliphatic rings. The molecule has 0 atom stereocenters. The van der Waals surface area contributed by atoms with Crippen LogP contribution in [0.1, 0.15) is 36.0 Å². The van der Waals surface area contributed by atoms with Crippen LogP contribution in [0.15, 0.2) is 29.8 Å². The first-order valence-electron chi connectivity index (χ1n) is 7.11. The van der Waals surface area contributed by atoms with Crippen molar-refractivity contribution in [1.82, 2.24) is 5.32 Å². The monoisotopic (exact) mass is 273 g/mol. The van der Waals surface area contributed by atoms with Crippen molar-refractivity contribution >= 4 is 17.3 Å². The first-order valence-corrected chi connectivity index (χ1v) is 7.11. The maximum Gasteiger partial charge on any atom is 0.251 e. The molecular weight excluding hydrogens is 250 g/mol. The van der Waals surface area contributed by atoms with E-state index in [0.717, 1.165) is 12.1 Å². The molecule has 3 N–H and O–H groups in total. The van der Waals surface area contributed by atoms with Crippen LogP contribution in [0, 0.1) is 0 Å². The molecule has 4 heteroatoms. The third kappa shape index (κ3) is 3.53. The molecule has 0 spiro atoms. The molecule has 2 rings (SSSR count). The van der Waals surface area contributed by atoms with Crippen LogP contribution >= 0.6 is 0 Å². The number of rotatable bonds is 5. The zero-order valence-electron chi connectivity index (χ0n) is 12.3. The van der Waals surface area contributed by atoms with Gasteiger partial charge in [0.2, 0.25) is 0 Å². The van der Waals surface area contributed by atoms with Crippen molar-refractivity contribution in [2.24, 2.45) is 0 Å². The first kappa shape index (κ1) is 14.4. The minimum absolute atomic E-state index is 0.0550. The Hall–Kier alpha value is -1.97. The van der Waals surface area contributed by atoms with Gasteiger partial charge in [0, 0.05) is 26.2 Å². The van der Waals surface area contributed by atoms with Crippen molar-refractivity contribution in [1.29, 1.82) is 0 Å². The standard InChI is InChI=1S/C16H23N3O/c1-19(2)15-8-7-13(11-14(15)17)16(20)18-10-9-12-5-3-4-6-12/h5,7-8,11H,3-4,6,9-10,17H2,1-2H3,(H,18,20). The topological polar surface area (TPSA) is 58.4 Å². The molecule has 0 bridgehead atoms. The Labute approximate surface area is 120 Å². The molecule has 0 aliphatic heterocycles. The summed E-state index contributed by atoms with van der Waals surface area (Å²) < 4.78 is 0. The number of hydrogen-bond donors (Lipinski definition) is 2. The molecule has 1 aliphatic carbocycles. The Morgan fingerprint density at radius 2 is 2.20 bits per heavy atom. The maximum absolute atomic E-state index is 12.1. The number of carbonyl (C=O) groups is 1. The third-order valence-corrected chi connectivity index (χ3v) is 3.64. The highest BCUT2D eigenvalue weighted by Crippen LogP contribution is 2.22. The van der Waals surface area contributed by atoms with Crippen molar-refractivity contribution < 1.29 is 4.79 Å². The molecule has 0 radical (unpaired) electrons. The van der Waals surface area contributed by atoms with E-state index < -0.39 is 0 Å². The molecule has 0 saturated carbocycles. The lowest BCUT2D eigenvalue weighted by Gasteiger charge is -2.16. The summed E-state index contributed by atoms with van der Waals surface area (Å²) in [4.78, 5) is 14.0. The second-order valence-corrected chi connectivity index (χ2v) is 5.43. The van der Waals surface area contributed by atoms with Crippen molar-refractivity contribution in [3.63, 3.8) is 0 Å². The minimum atomic E-state index is -0.0550. The predicted octanol–water partition coefficient (Wildman–Crippen LogP) is 2.57. The Morgan fingerprint density at radius 1 is 1.40 bits per heavy atom. The average Bonchev–Trinajstić information content (AvgIpc) is 2.91. The smallest absolute Gasteiger partial charge is 0.251 e. The molecule has 1 aromatic rings. The van der Waals surface area contributed by atoms with Crippen LogP contribution in [0.5, 0.6) is 0 Å².